The number of carbonyl (C=O) groups is 1. The highest BCUT2D eigenvalue weighted by molar-refractivity contribution is 6.04. The molecule has 3 aromatic carbocycles. The van der Waals surface area contributed by atoms with Crippen LogP contribution in [0, 0.1) is 5.41 Å². The highest BCUT2D eigenvalue weighted by atomic mass is 19.4. The number of carbonyl (C=O) groups excluding carboxylic acids is 1. The molecule has 2 aliphatic rings. The summed E-state index contributed by atoms with van der Waals surface area (Å²) < 4.78 is 47.3. The van der Waals surface area contributed by atoms with Gasteiger partial charge in [-0.3, -0.25) is 4.79 Å². The summed E-state index contributed by atoms with van der Waals surface area (Å²) in [7, 11) is 0. The molecule has 1 unspecified atom stereocenters. The van der Waals surface area contributed by atoms with E-state index in [2.05, 4.69) is 19.2 Å². The van der Waals surface area contributed by atoms with E-state index in [1.165, 1.54) is 12.1 Å². The molecule has 1 aliphatic carbocycles. The molecular weight excluding hydrogens is 463 g/mol. The van der Waals surface area contributed by atoms with E-state index in [1.807, 2.05) is 36.4 Å². The third-order valence-corrected chi connectivity index (χ3v) is 7.16. The van der Waals surface area contributed by atoms with E-state index in [4.69, 9.17) is 4.42 Å². The Morgan fingerprint density at radius 1 is 0.917 bits per heavy atom. The fourth-order valence-electron chi connectivity index (χ4n) is 5.69. The predicted octanol–water partition coefficient (Wildman–Crippen LogP) is 8.32. The molecule has 0 saturated heterocycles. The van der Waals surface area contributed by atoms with Crippen LogP contribution in [0.4, 0.5) is 18.9 Å². The maximum absolute atomic E-state index is 13.7. The molecule has 1 aromatic heterocycles. The molecule has 36 heavy (non-hydrogen) atoms. The van der Waals surface area contributed by atoms with Crippen LogP contribution in [0.15, 0.2) is 88.5 Å². The molecule has 0 saturated carbocycles. The molecule has 0 radical (unpaired) electrons. The lowest BCUT2D eigenvalue weighted by atomic mass is 9.69. The summed E-state index contributed by atoms with van der Waals surface area (Å²) in [5.74, 6) is 0.106. The summed E-state index contributed by atoms with van der Waals surface area (Å²) in [4.78, 5) is 13.5. The topological polar surface area (TPSA) is 42.2 Å². The van der Waals surface area contributed by atoms with Gasteiger partial charge in [0.25, 0.3) is 0 Å². The van der Waals surface area contributed by atoms with Gasteiger partial charge in [0, 0.05) is 28.9 Å². The molecule has 6 heteroatoms. The van der Waals surface area contributed by atoms with Crippen LogP contribution in [0.1, 0.15) is 49.5 Å². The molecule has 6 rings (SSSR count). The lowest BCUT2D eigenvalue weighted by Crippen LogP contribution is -2.33. The van der Waals surface area contributed by atoms with E-state index in [1.54, 1.807) is 18.2 Å². The number of hydrogen-bond donors (Lipinski definition) is 1. The van der Waals surface area contributed by atoms with Crippen LogP contribution < -0.4 is 5.32 Å². The first-order chi connectivity index (χ1) is 17.1. The molecule has 0 fully saturated rings. The smallest absolute Gasteiger partial charge is 0.417 e. The van der Waals surface area contributed by atoms with Gasteiger partial charge < -0.3 is 9.73 Å². The fraction of sp³-hybridized carbons (Fsp3) is 0.233. The van der Waals surface area contributed by atoms with Crippen LogP contribution in [0.2, 0.25) is 0 Å². The highest BCUT2D eigenvalue weighted by Gasteiger charge is 2.42. The maximum atomic E-state index is 13.7. The molecule has 1 aliphatic heterocycles. The highest BCUT2D eigenvalue weighted by Crippen LogP contribution is 2.51. The number of ketones is 1. The lowest BCUT2D eigenvalue weighted by Gasteiger charge is -2.39. The third kappa shape index (κ3) is 3.63. The molecule has 1 N–H and O–H groups in total. The molecule has 3 nitrogen and oxygen atoms in total. The van der Waals surface area contributed by atoms with E-state index in [-0.39, 0.29) is 22.5 Å². The Morgan fingerprint density at radius 2 is 1.67 bits per heavy atom. The molecule has 2 heterocycles. The van der Waals surface area contributed by atoms with Crippen molar-refractivity contribution in [1.29, 1.82) is 0 Å². The van der Waals surface area contributed by atoms with Gasteiger partial charge in [-0.05, 0) is 52.4 Å². The molecule has 182 valence electrons. The van der Waals surface area contributed by atoms with E-state index in [0.29, 0.717) is 24.2 Å². The van der Waals surface area contributed by atoms with Crippen LogP contribution in [0.25, 0.3) is 22.1 Å². The number of hydrogen-bond acceptors (Lipinski definition) is 3. The standard InChI is InChI=1S/C30H24F3NO2/c1-29(2)15-22-27(23(35)16-29)28(26-18-8-4-3-7-17(18)11-12-21(26)34-22)25-14-13-24(36-25)19-9-5-6-10-20(19)30(31,32)33/h3-14,28,34H,15-16H2,1-2H3. The van der Waals surface area contributed by atoms with Gasteiger partial charge in [-0.15, -0.1) is 0 Å². The summed E-state index contributed by atoms with van der Waals surface area (Å²) in [6.07, 6.45) is -3.42. The number of nitrogens with one attached hydrogen (secondary N) is 1. The number of benzene rings is 3. The van der Waals surface area contributed by atoms with Crippen molar-refractivity contribution in [3.05, 3.63) is 101 Å². The van der Waals surface area contributed by atoms with Gasteiger partial charge in [-0.25, -0.2) is 0 Å². The second-order valence-electron chi connectivity index (χ2n) is 10.4. The number of allylic oxidation sites excluding steroid dienone is 2. The van der Waals surface area contributed by atoms with Gasteiger partial charge >= 0.3 is 6.18 Å². The minimum Gasteiger partial charge on any atom is -0.460 e. The quantitative estimate of drug-likeness (QED) is 0.309. The van der Waals surface area contributed by atoms with Crippen molar-refractivity contribution in [3.8, 4) is 11.3 Å². The Bertz CT molecular complexity index is 1560. The Hall–Kier alpha value is -3.80. The number of furan rings is 1. The van der Waals surface area contributed by atoms with Crippen molar-refractivity contribution in [2.24, 2.45) is 5.41 Å². The lowest BCUT2D eigenvalue weighted by molar-refractivity contribution is -0.137. The number of halogens is 3. The van der Waals surface area contributed by atoms with Crippen LogP contribution in [-0.4, -0.2) is 5.78 Å². The van der Waals surface area contributed by atoms with Crippen LogP contribution in [0.5, 0.6) is 0 Å². The molecular formula is C30H24F3NO2. The monoisotopic (exact) mass is 487 g/mol. The van der Waals surface area contributed by atoms with E-state index >= 15 is 0 Å². The molecule has 1 atom stereocenters. The Labute approximate surface area is 206 Å². The maximum Gasteiger partial charge on any atom is 0.417 e. The summed E-state index contributed by atoms with van der Waals surface area (Å²) >= 11 is 0. The van der Waals surface area contributed by atoms with Gasteiger partial charge in [0.05, 0.1) is 11.5 Å². The van der Waals surface area contributed by atoms with Crippen molar-refractivity contribution in [1.82, 2.24) is 0 Å². The first-order valence-corrected chi connectivity index (χ1v) is 11.9. The first-order valence-electron chi connectivity index (χ1n) is 11.9. The zero-order chi connectivity index (χ0) is 25.2. The normalized spacial score (nSPS) is 19.1. The molecule has 0 bridgehead atoms. The van der Waals surface area contributed by atoms with Gasteiger partial charge in [-0.1, -0.05) is 62.4 Å². The summed E-state index contributed by atoms with van der Waals surface area (Å²) in [5.41, 5.74) is 2.33. The van der Waals surface area contributed by atoms with Gasteiger partial charge in [0.1, 0.15) is 11.5 Å². The van der Waals surface area contributed by atoms with E-state index in [9.17, 15) is 18.0 Å². The van der Waals surface area contributed by atoms with E-state index in [0.717, 1.165) is 33.8 Å². The summed E-state index contributed by atoms with van der Waals surface area (Å²) in [6, 6.07) is 20.6. The van der Waals surface area contributed by atoms with Crippen molar-refractivity contribution >= 4 is 22.2 Å². The van der Waals surface area contributed by atoms with Gasteiger partial charge in [-0.2, -0.15) is 13.2 Å². The number of fused-ring (bicyclic) bond motifs is 3. The van der Waals surface area contributed by atoms with Crippen LogP contribution in [0.3, 0.4) is 0 Å². The average molecular weight is 488 g/mol. The van der Waals surface area contributed by atoms with Gasteiger partial charge in [0.2, 0.25) is 0 Å². The SMILES string of the molecule is CC1(C)CC(=O)C2=C(C1)Nc1ccc3ccccc3c1C2c1ccc(-c2ccccc2C(F)(F)F)o1. The Kier molecular flexibility index (Phi) is 4.94. The van der Waals surface area contributed by atoms with Crippen molar-refractivity contribution < 1.29 is 22.4 Å². The van der Waals surface area contributed by atoms with Gasteiger partial charge in [0.15, 0.2) is 5.78 Å². The second-order valence-corrected chi connectivity index (χ2v) is 10.4. The zero-order valence-corrected chi connectivity index (χ0v) is 19.9. The number of Topliss-reactive ketones (excluding diaryl/α,β-unsaturated/α-hetero) is 1. The minimum atomic E-state index is -4.51. The zero-order valence-electron chi connectivity index (χ0n) is 19.9. The largest absolute Gasteiger partial charge is 0.460 e. The Balaban J connectivity index is 1.57. The van der Waals surface area contributed by atoms with Crippen molar-refractivity contribution in [2.75, 3.05) is 5.32 Å². The third-order valence-electron chi connectivity index (χ3n) is 7.16. The van der Waals surface area contributed by atoms with Crippen molar-refractivity contribution in [3.63, 3.8) is 0 Å². The fourth-order valence-corrected chi connectivity index (χ4v) is 5.69. The van der Waals surface area contributed by atoms with E-state index < -0.39 is 17.7 Å². The van der Waals surface area contributed by atoms with Crippen LogP contribution in [-0.2, 0) is 11.0 Å². The second kappa shape index (κ2) is 7.85. The van der Waals surface area contributed by atoms with Crippen molar-refractivity contribution in [2.45, 2.75) is 38.8 Å². The first kappa shape index (κ1) is 22.7. The summed E-state index contributed by atoms with van der Waals surface area (Å²) in [5, 5.41) is 5.51. The van der Waals surface area contributed by atoms with Crippen LogP contribution >= 0.6 is 0 Å². The Morgan fingerprint density at radius 3 is 2.47 bits per heavy atom. The number of rotatable bonds is 2. The predicted molar refractivity (Wildman–Crippen MR) is 134 cm³/mol. The molecule has 4 aromatic rings. The number of alkyl halides is 3. The minimum absolute atomic E-state index is 0.0198. The average Bonchev–Trinajstić information content (AvgIpc) is 3.31. The summed E-state index contributed by atoms with van der Waals surface area (Å²) in [6.45, 7) is 4.14. The molecule has 0 amide bonds. The number of anilines is 1. The molecule has 0 spiro atoms.